The largest absolute Gasteiger partial charge is 0.396 e. The van der Waals surface area contributed by atoms with Crippen LogP contribution in [-0.2, 0) is 0 Å². The fourth-order valence-electron chi connectivity index (χ4n) is 1.40. The van der Waals surface area contributed by atoms with Crippen molar-refractivity contribution in [3.63, 3.8) is 0 Å². The fraction of sp³-hybridized carbons (Fsp3) is 0.0833. The van der Waals surface area contributed by atoms with Crippen LogP contribution in [0.3, 0.4) is 0 Å². The summed E-state index contributed by atoms with van der Waals surface area (Å²) in [6.07, 6.45) is 0. The molecular formula is C12H9BrFNOS. The number of nitrogen functional groups attached to an aromatic ring is 1. The van der Waals surface area contributed by atoms with Gasteiger partial charge in [-0.25, -0.2) is 4.39 Å². The molecule has 0 aliphatic rings. The minimum absolute atomic E-state index is 0.0109. The molecule has 0 amide bonds. The van der Waals surface area contributed by atoms with E-state index in [0.29, 0.717) is 10.4 Å². The molecular weight excluding hydrogens is 305 g/mol. The summed E-state index contributed by atoms with van der Waals surface area (Å²) in [6.45, 7) is 1.92. The quantitative estimate of drug-likeness (QED) is 0.677. The first kappa shape index (κ1) is 12.3. The summed E-state index contributed by atoms with van der Waals surface area (Å²) in [5, 5.41) is 0. The number of halogens is 2. The molecule has 0 spiro atoms. The number of aryl methyl sites for hydroxylation is 1. The highest BCUT2D eigenvalue weighted by molar-refractivity contribution is 9.10. The number of thiophene rings is 1. The third kappa shape index (κ3) is 2.40. The predicted octanol–water partition coefficient (Wildman–Crippen LogP) is 3.77. The predicted molar refractivity (Wildman–Crippen MR) is 71.0 cm³/mol. The van der Waals surface area contributed by atoms with Crippen LogP contribution in [0.5, 0.6) is 0 Å². The van der Waals surface area contributed by atoms with Gasteiger partial charge in [0.2, 0.25) is 5.78 Å². The van der Waals surface area contributed by atoms with Gasteiger partial charge in [0.15, 0.2) is 0 Å². The Morgan fingerprint density at radius 1 is 1.41 bits per heavy atom. The second kappa shape index (κ2) is 4.58. The van der Waals surface area contributed by atoms with Crippen molar-refractivity contribution in [2.75, 3.05) is 5.73 Å². The Bertz CT molecular complexity index is 575. The van der Waals surface area contributed by atoms with Crippen LogP contribution >= 0.6 is 27.3 Å². The normalized spacial score (nSPS) is 10.5. The summed E-state index contributed by atoms with van der Waals surface area (Å²) >= 11 is 4.75. The number of ketones is 1. The van der Waals surface area contributed by atoms with E-state index in [1.807, 2.05) is 6.92 Å². The highest BCUT2D eigenvalue weighted by atomic mass is 79.9. The molecule has 0 atom stereocenters. The van der Waals surface area contributed by atoms with Gasteiger partial charge in [0.05, 0.1) is 10.6 Å². The van der Waals surface area contributed by atoms with Crippen molar-refractivity contribution in [2.45, 2.75) is 6.92 Å². The van der Waals surface area contributed by atoms with Gasteiger partial charge in [-0.3, -0.25) is 4.79 Å². The van der Waals surface area contributed by atoms with Crippen molar-refractivity contribution in [2.24, 2.45) is 0 Å². The van der Waals surface area contributed by atoms with Gasteiger partial charge in [-0.2, -0.15) is 0 Å². The van der Waals surface area contributed by atoms with Crippen LogP contribution in [0.1, 0.15) is 20.1 Å². The van der Waals surface area contributed by atoms with Crippen LogP contribution in [0.25, 0.3) is 0 Å². The summed E-state index contributed by atoms with van der Waals surface area (Å²) in [5.74, 6) is -0.652. The first-order valence-corrected chi connectivity index (χ1v) is 6.45. The molecule has 2 rings (SSSR count). The Labute approximate surface area is 110 Å². The number of carbonyl (C=O) groups excluding carboxylic acids is 1. The van der Waals surface area contributed by atoms with E-state index < -0.39 is 5.82 Å². The van der Waals surface area contributed by atoms with Crippen molar-refractivity contribution < 1.29 is 9.18 Å². The van der Waals surface area contributed by atoms with E-state index in [1.165, 1.54) is 29.5 Å². The minimum Gasteiger partial charge on any atom is -0.396 e. The van der Waals surface area contributed by atoms with E-state index >= 15 is 0 Å². The van der Waals surface area contributed by atoms with E-state index in [9.17, 15) is 9.18 Å². The molecule has 0 aliphatic heterocycles. The second-order valence-corrected chi connectivity index (χ2v) is 5.69. The van der Waals surface area contributed by atoms with Crippen molar-refractivity contribution in [1.82, 2.24) is 0 Å². The van der Waals surface area contributed by atoms with Crippen LogP contribution in [0.2, 0.25) is 0 Å². The molecule has 1 aromatic carbocycles. The molecule has 0 radical (unpaired) electrons. The van der Waals surface area contributed by atoms with Gasteiger partial charge in [-0.15, -0.1) is 11.3 Å². The van der Waals surface area contributed by atoms with E-state index in [-0.39, 0.29) is 11.5 Å². The molecule has 1 aromatic heterocycles. The van der Waals surface area contributed by atoms with Gasteiger partial charge in [-0.05, 0) is 47.1 Å². The Kier molecular flexibility index (Phi) is 3.31. The molecule has 0 bridgehead atoms. The van der Waals surface area contributed by atoms with Gasteiger partial charge < -0.3 is 5.73 Å². The maximum atomic E-state index is 13.0. The van der Waals surface area contributed by atoms with Gasteiger partial charge >= 0.3 is 0 Å². The Morgan fingerprint density at radius 3 is 2.65 bits per heavy atom. The molecule has 0 fully saturated rings. The van der Waals surface area contributed by atoms with Gasteiger partial charge in [0, 0.05) is 14.9 Å². The smallest absolute Gasteiger partial charge is 0.203 e. The summed E-state index contributed by atoms with van der Waals surface area (Å²) in [6, 6.07) is 5.78. The average molecular weight is 314 g/mol. The molecule has 5 heteroatoms. The monoisotopic (exact) mass is 313 g/mol. The lowest BCUT2D eigenvalue weighted by Gasteiger charge is -2.00. The zero-order chi connectivity index (χ0) is 12.6. The highest BCUT2D eigenvalue weighted by Gasteiger charge is 2.14. The van der Waals surface area contributed by atoms with E-state index in [2.05, 4.69) is 15.9 Å². The zero-order valence-electron chi connectivity index (χ0n) is 8.96. The molecule has 17 heavy (non-hydrogen) atoms. The molecule has 0 unspecified atom stereocenters. The maximum Gasteiger partial charge on any atom is 0.203 e. The van der Waals surface area contributed by atoms with Crippen LogP contribution in [0, 0.1) is 12.7 Å². The summed E-state index contributed by atoms with van der Waals surface area (Å²) in [5.41, 5.74) is 5.83. The lowest BCUT2D eigenvalue weighted by Crippen LogP contribution is -2.01. The van der Waals surface area contributed by atoms with E-state index in [0.717, 1.165) is 9.35 Å². The topological polar surface area (TPSA) is 43.1 Å². The zero-order valence-corrected chi connectivity index (χ0v) is 11.4. The molecule has 0 saturated heterocycles. The molecule has 2 aromatic rings. The number of nitrogens with two attached hydrogens (primary N) is 1. The molecule has 2 N–H and O–H groups in total. The molecule has 0 aliphatic carbocycles. The van der Waals surface area contributed by atoms with Crippen LogP contribution in [-0.4, -0.2) is 5.78 Å². The highest BCUT2D eigenvalue weighted by Crippen LogP contribution is 2.28. The van der Waals surface area contributed by atoms with Gasteiger partial charge in [-0.1, -0.05) is 0 Å². The molecule has 0 saturated carbocycles. The lowest BCUT2D eigenvalue weighted by molar-refractivity contribution is 0.104. The van der Waals surface area contributed by atoms with E-state index in [4.69, 9.17) is 5.73 Å². The third-order valence-corrected chi connectivity index (χ3v) is 4.47. The van der Waals surface area contributed by atoms with E-state index in [1.54, 1.807) is 6.07 Å². The molecule has 2 nitrogen and oxygen atoms in total. The maximum absolute atomic E-state index is 13.0. The number of benzene rings is 1. The number of hydrogen-bond acceptors (Lipinski definition) is 3. The number of anilines is 1. The van der Waals surface area contributed by atoms with Crippen molar-refractivity contribution in [3.8, 4) is 0 Å². The van der Waals surface area contributed by atoms with Crippen LogP contribution in [0.15, 0.2) is 28.7 Å². The van der Waals surface area contributed by atoms with Crippen molar-refractivity contribution in [1.29, 1.82) is 0 Å². The van der Waals surface area contributed by atoms with Crippen LogP contribution < -0.4 is 5.73 Å². The Balaban J connectivity index is 2.40. The first-order chi connectivity index (χ1) is 7.99. The summed E-state index contributed by atoms with van der Waals surface area (Å²) < 4.78 is 13.9. The standard InChI is InChI=1S/C12H9BrFNOS/c1-6-8(13)5-11(17-6)12(16)7-2-3-9(14)10(15)4-7/h2-5H,15H2,1H3. The lowest BCUT2D eigenvalue weighted by atomic mass is 10.1. The van der Waals surface area contributed by atoms with Crippen molar-refractivity contribution in [3.05, 3.63) is 49.9 Å². The minimum atomic E-state index is -0.509. The van der Waals surface area contributed by atoms with Gasteiger partial charge in [0.1, 0.15) is 5.82 Å². The van der Waals surface area contributed by atoms with Gasteiger partial charge in [0.25, 0.3) is 0 Å². The summed E-state index contributed by atoms with van der Waals surface area (Å²) in [4.78, 5) is 13.7. The average Bonchev–Trinajstić information content (AvgIpc) is 2.62. The molecule has 1 heterocycles. The fourth-order valence-corrected chi connectivity index (χ4v) is 2.90. The molecule has 88 valence electrons. The number of hydrogen-bond donors (Lipinski definition) is 1. The first-order valence-electron chi connectivity index (χ1n) is 4.84. The number of rotatable bonds is 2. The Morgan fingerprint density at radius 2 is 2.12 bits per heavy atom. The van der Waals surface area contributed by atoms with Crippen molar-refractivity contribution >= 4 is 38.7 Å². The SMILES string of the molecule is Cc1sc(C(=O)c2ccc(F)c(N)c2)cc1Br. The Hall–Kier alpha value is -1.20. The second-order valence-electron chi connectivity index (χ2n) is 3.58. The van der Waals surface area contributed by atoms with Crippen LogP contribution in [0.4, 0.5) is 10.1 Å². The number of carbonyl (C=O) groups is 1. The summed E-state index contributed by atoms with van der Waals surface area (Å²) in [7, 11) is 0. The third-order valence-electron chi connectivity index (χ3n) is 2.34.